The molecule has 4 heterocycles. The number of aryl methyl sites for hydroxylation is 1. The molecule has 202 valence electrons. The molecule has 0 atom stereocenters. The Kier molecular flexibility index (Phi) is 7.06. The Bertz CT molecular complexity index is 1450. The first-order valence-corrected chi connectivity index (χ1v) is 13.5. The Morgan fingerprint density at radius 1 is 1.21 bits per heavy atom. The molecule has 0 amide bonds. The molecule has 1 aromatic carbocycles. The van der Waals surface area contributed by atoms with Crippen molar-refractivity contribution >= 4 is 29.1 Å². The highest BCUT2D eigenvalue weighted by Gasteiger charge is 2.24. The van der Waals surface area contributed by atoms with Crippen molar-refractivity contribution in [1.29, 1.82) is 0 Å². The summed E-state index contributed by atoms with van der Waals surface area (Å²) >= 11 is 6.73. The highest BCUT2D eigenvalue weighted by molar-refractivity contribution is 6.31. The molecule has 1 saturated heterocycles. The second kappa shape index (κ2) is 10.2. The number of piperidine rings is 1. The first-order valence-electron chi connectivity index (χ1n) is 13.1. The van der Waals surface area contributed by atoms with E-state index in [-0.39, 0.29) is 12.0 Å². The van der Waals surface area contributed by atoms with Gasteiger partial charge in [-0.05, 0) is 50.3 Å². The number of aromatic nitrogens is 6. The SMILES string of the molecule is CC(C)c1cnn2c(NCc3c(Cl)cccc3-c3cc(C(C)(C)O)nn3C)nc(N3CCC(N)CC3)nc12. The van der Waals surface area contributed by atoms with Gasteiger partial charge in [-0.2, -0.15) is 24.7 Å². The largest absolute Gasteiger partial charge is 0.384 e. The van der Waals surface area contributed by atoms with Crippen molar-refractivity contribution in [3.63, 3.8) is 0 Å². The molecule has 38 heavy (non-hydrogen) atoms. The topological polar surface area (TPSA) is 122 Å². The number of benzene rings is 1. The van der Waals surface area contributed by atoms with Crippen LogP contribution >= 0.6 is 11.6 Å². The van der Waals surface area contributed by atoms with E-state index >= 15 is 0 Å². The average molecular weight is 538 g/mol. The van der Waals surface area contributed by atoms with Crippen LogP contribution < -0.4 is 16.0 Å². The normalized spacial score (nSPS) is 15.1. The third kappa shape index (κ3) is 5.08. The van der Waals surface area contributed by atoms with Crippen LogP contribution in [-0.4, -0.2) is 53.6 Å². The molecule has 11 heteroatoms. The highest BCUT2D eigenvalue weighted by atomic mass is 35.5. The molecule has 1 aliphatic heterocycles. The van der Waals surface area contributed by atoms with Gasteiger partial charge in [0.05, 0.1) is 17.6 Å². The van der Waals surface area contributed by atoms with Crippen LogP contribution in [0.5, 0.6) is 0 Å². The summed E-state index contributed by atoms with van der Waals surface area (Å²) in [5, 5.41) is 23.7. The van der Waals surface area contributed by atoms with Crippen molar-refractivity contribution in [2.75, 3.05) is 23.3 Å². The average Bonchev–Trinajstić information content (AvgIpc) is 3.47. The van der Waals surface area contributed by atoms with E-state index in [0.717, 1.165) is 54.0 Å². The minimum atomic E-state index is -1.05. The number of hydrogen-bond donors (Lipinski definition) is 3. The van der Waals surface area contributed by atoms with Crippen molar-refractivity contribution in [2.24, 2.45) is 12.8 Å². The second-order valence-electron chi connectivity index (χ2n) is 10.9. The summed E-state index contributed by atoms with van der Waals surface area (Å²) in [7, 11) is 1.87. The van der Waals surface area contributed by atoms with Crippen LogP contribution in [0.3, 0.4) is 0 Å². The maximum atomic E-state index is 10.5. The Morgan fingerprint density at radius 2 is 1.95 bits per heavy atom. The van der Waals surface area contributed by atoms with Crippen LogP contribution in [0.15, 0.2) is 30.5 Å². The molecule has 4 N–H and O–H groups in total. The molecule has 1 fully saturated rings. The number of nitrogens with two attached hydrogens (primary N) is 1. The van der Waals surface area contributed by atoms with Gasteiger partial charge in [0.1, 0.15) is 5.60 Å². The fraction of sp³-hybridized carbons (Fsp3) is 0.481. The van der Waals surface area contributed by atoms with Crippen LogP contribution in [0.25, 0.3) is 16.9 Å². The lowest BCUT2D eigenvalue weighted by molar-refractivity contribution is 0.0732. The zero-order chi connectivity index (χ0) is 27.2. The number of fused-ring (bicyclic) bond motifs is 1. The van der Waals surface area contributed by atoms with E-state index in [1.54, 1.807) is 23.0 Å². The molecule has 0 radical (unpaired) electrons. The summed E-state index contributed by atoms with van der Waals surface area (Å²) in [6, 6.07) is 7.92. The zero-order valence-electron chi connectivity index (χ0n) is 22.6. The summed E-state index contributed by atoms with van der Waals surface area (Å²) in [6.45, 7) is 9.77. The van der Waals surface area contributed by atoms with Gasteiger partial charge in [-0.15, -0.1) is 0 Å². The molecule has 3 aromatic heterocycles. The summed E-state index contributed by atoms with van der Waals surface area (Å²) in [5.74, 6) is 1.54. The van der Waals surface area contributed by atoms with E-state index < -0.39 is 5.60 Å². The summed E-state index contributed by atoms with van der Waals surface area (Å²) in [5.41, 5.74) is 10.2. The second-order valence-corrected chi connectivity index (χ2v) is 11.3. The van der Waals surface area contributed by atoms with Crippen molar-refractivity contribution < 1.29 is 5.11 Å². The monoisotopic (exact) mass is 537 g/mol. The van der Waals surface area contributed by atoms with Crippen LogP contribution in [0.4, 0.5) is 11.9 Å². The number of anilines is 2. The van der Waals surface area contributed by atoms with Gasteiger partial charge in [-0.25, -0.2) is 0 Å². The molecule has 10 nitrogen and oxygen atoms in total. The molecule has 0 spiro atoms. The Hall–Kier alpha value is -3.21. The van der Waals surface area contributed by atoms with Crippen molar-refractivity contribution in [3.8, 4) is 11.3 Å². The number of aliphatic hydroxyl groups is 1. The Morgan fingerprint density at radius 3 is 2.61 bits per heavy atom. The van der Waals surface area contributed by atoms with E-state index in [9.17, 15) is 5.11 Å². The quantitative estimate of drug-likeness (QED) is 0.322. The van der Waals surface area contributed by atoms with Gasteiger partial charge in [0, 0.05) is 48.9 Å². The molecule has 4 aromatic rings. The van der Waals surface area contributed by atoms with Crippen molar-refractivity contribution in [3.05, 3.63) is 52.3 Å². The molecular formula is C27H36ClN9O. The third-order valence-corrected chi connectivity index (χ3v) is 7.51. The number of nitrogens with zero attached hydrogens (tertiary/aromatic N) is 7. The minimum absolute atomic E-state index is 0.219. The fourth-order valence-corrected chi connectivity index (χ4v) is 5.05. The van der Waals surface area contributed by atoms with Crippen LogP contribution in [0.1, 0.15) is 63.3 Å². The predicted octanol–water partition coefficient (Wildman–Crippen LogP) is 4.07. The van der Waals surface area contributed by atoms with E-state index in [1.807, 2.05) is 37.5 Å². The van der Waals surface area contributed by atoms with Gasteiger partial charge in [0.15, 0.2) is 5.65 Å². The molecule has 0 unspecified atom stereocenters. The van der Waals surface area contributed by atoms with Crippen LogP contribution in [0, 0.1) is 0 Å². The standard InChI is InChI=1S/C27H36ClN9O/c1-16(2)19-15-31-37-24(19)32-26(36-11-9-17(29)10-12-36)33-25(37)30-14-20-18(7-6-8-21(20)28)22-13-23(27(3,4)38)34-35(22)5/h6-8,13,15-17,38H,9-12,14,29H2,1-5H3,(H,30,32,33). The van der Waals surface area contributed by atoms with Crippen LogP contribution in [0.2, 0.25) is 5.02 Å². The minimum Gasteiger partial charge on any atom is -0.384 e. The summed E-state index contributed by atoms with van der Waals surface area (Å²) in [4.78, 5) is 12.0. The Balaban J connectivity index is 1.53. The van der Waals surface area contributed by atoms with Gasteiger partial charge in [-0.1, -0.05) is 37.6 Å². The molecular weight excluding hydrogens is 502 g/mol. The Labute approximate surface area is 227 Å². The predicted molar refractivity (Wildman–Crippen MR) is 151 cm³/mol. The number of nitrogens with one attached hydrogen (secondary N) is 1. The maximum Gasteiger partial charge on any atom is 0.230 e. The van der Waals surface area contributed by atoms with Gasteiger partial charge in [0.2, 0.25) is 11.9 Å². The third-order valence-electron chi connectivity index (χ3n) is 7.15. The fourth-order valence-electron chi connectivity index (χ4n) is 4.81. The number of rotatable bonds is 7. The lowest BCUT2D eigenvalue weighted by Gasteiger charge is -2.30. The van der Waals surface area contributed by atoms with Gasteiger partial charge in [0.25, 0.3) is 0 Å². The van der Waals surface area contributed by atoms with E-state index in [0.29, 0.717) is 29.2 Å². The highest BCUT2D eigenvalue weighted by Crippen LogP contribution is 2.32. The molecule has 5 rings (SSSR count). The maximum absolute atomic E-state index is 10.5. The number of hydrogen-bond acceptors (Lipinski definition) is 8. The van der Waals surface area contributed by atoms with Crippen molar-refractivity contribution in [1.82, 2.24) is 29.4 Å². The smallest absolute Gasteiger partial charge is 0.230 e. The van der Waals surface area contributed by atoms with E-state index in [2.05, 4.69) is 34.3 Å². The lowest BCUT2D eigenvalue weighted by atomic mass is 10.0. The summed E-state index contributed by atoms with van der Waals surface area (Å²) < 4.78 is 3.54. The molecule has 0 saturated carbocycles. The first-order chi connectivity index (χ1) is 18.0. The van der Waals surface area contributed by atoms with Gasteiger partial charge in [-0.3, -0.25) is 4.68 Å². The van der Waals surface area contributed by atoms with E-state index in [4.69, 9.17) is 27.3 Å². The molecule has 1 aliphatic rings. The first kappa shape index (κ1) is 26.4. The van der Waals surface area contributed by atoms with E-state index in [1.165, 1.54) is 0 Å². The lowest BCUT2D eigenvalue weighted by Crippen LogP contribution is -2.40. The molecule has 0 bridgehead atoms. The van der Waals surface area contributed by atoms with Crippen molar-refractivity contribution in [2.45, 2.75) is 64.6 Å². The zero-order valence-corrected chi connectivity index (χ0v) is 23.4. The molecule has 0 aliphatic carbocycles. The number of halogens is 1. The van der Waals surface area contributed by atoms with Gasteiger partial charge >= 0.3 is 0 Å². The van der Waals surface area contributed by atoms with Crippen LogP contribution in [-0.2, 0) is 19.2 Å². The summed E-state index contributed by atoms with van der Waals surface area (Å²) in [6.07, 6.45) is 3.69. The van der Waals surface area contributed by atoms with Gasteiger partial charge < -0.3 is 21.1 Å².